The van der Waals surface area contributed by atoms with Crippen LogP contribution in [0.1, 0.15) is 52.4 Å². The van der Waals surface area contributed by atoms with Gasteiger partial charge in [-0.05, 0) is 88.5 Å². The average molecular weight is 414 g/mol. The molecule has 0 heterocycles. The fourth-order valence-corrected chi connectivity index (χ4v) is 6.07. The van der Waals surface area contributed by atoms with Gasteiger partial charge in [-0.25, -0.2) is 8.42 Å². The van der Waals surface area contributed by atoms with Gasteiger partial charge in [-0.3, -0.25) is 4.79 Å². The van der Waals surface area contributed by atoms with Gasteiger partial charge in [-0.15, -0.1) is 0 Å². The average Bonchev–Trinajstić information content (AvgIpc) is 2.87. The number of halogens is 1. The van der Waals surface area contributed by atoms with E-state index in [4.69, 9.17) is 11.6 Å². The van der Waals surface area contributed by atoms with Gasteiger partial charge < -0.3 is 10.4 Å². The predicted molar refractivity (Wildman–Crippen MR) is 105 cm³/mol. The van der Waals surface area contributed by atoms with Crippen LogP contribution >= 0.6 is 11.6 Å². The summed E-state index contributed by atoms with van der Waals surface area (Å²) in [5.41, 5.74) is -0.519. The van der Waals surface area contributed by atoms with Gasteiger partial charge in [0.2, 0.25) is 5.91 Å². The Labute approximate surface area is 166 Å². The molecule has 0 radical (unpaired) electrons. The zero-order chi connectivity index (χ0) is 19.9. The minimum absolute atomic E-state index is 0.0816. The van der Waals surface area contributed by atoms with E-state index in [2.05, 4.69) is 5.32 Å². The summed E-state index contributed by atoms with van der Waals surface area (Å²) in [6, 6.07) is 5.85. The Kier molecular flexibility index (Phi) is 5.63. The minimum atomic E-state index is -3.84. The van der Waals surface area contributed by atoms with Crippen LogP contribution in [0.2, 0.25) is 5.02 Å². The predicted octanol–water partition coefficient (Wildman–Crippen LogP) is 3.34. The van der Waals surface area contributed by atoms with Crippen molar-refractivity contribution in [2.24, 2.45) is 11.8 Å². The number of aliphatic hydroxyl groups is 1. The highest BCUT2D eigenvalue weighted by Crippen LogP contribution is 2.48. The van der Waals surface area contributed by atoms with Gasteiger partial charge >= 0.3 is 0 Å². The summed E-state index contributed by atoms with van der Waals surface area (Å²) in [7, 11) is -3.84. The second kappa shape index (κ2) is 7.37. The van der Waals surface area contributed by atoms with Crippen molar-refractivity contribution in [3.8, 4) is 0 Å². The molecule has 7 heteroatoms. The lowest BCUT2D eigenvalue weighted by molar-refractivity contribution is -0.122. The highest BCUT2D eigenvalue weighted by Gasteiger charge is 2.45. The molecule has 2 bridgehead atoms. The largest absolute Gasteiger partial charge is 0.390 e. The molecule has 2 aliphatic rings. The number of rotatable bonds is 6. The Balaban J connectivity index is 1.59. The van der Waals surface area contributed by atoms with Gasteiger partial charge in [0.05, 0.1) is 10.5 Å². The third kappa shape index (κ3) is 4.17. The van der Waals surface area contributed by atoms with Crippen molar-refractivity contribution in [1.29, 1.82) is 0 Å². The molecule has 1 amide bonds. The van der Waals surface area contributed by atoms with E-state index < -0.39 is 26.1 Å². The first kappa shape index (κ1) is 20.6. The highest BCUT2D eigenvalue weighted by molar-refractivity contribution is 7.93. The topological polar surface area (TPSA) is 83.5 Å². The molecule has 0 saturated heterocycles. The molecule has 150 valence electrons. The second-order valence-corrected chi connectivity index (χ2v) is 11.6. The molecule has 2 N–H and O–H groups in total. The van der Waals surface area contributed by atoms with Crippen molar-refractivity contribution in [2.75, 3.05) is 6.54 Å². The van der Waals surface area contributed by atoms with Crippen molar-refractivity contribution in [1.82, 2.24) is 5.32 Å². The van der Waals surface area contributed by atoms with E-state index in [0.717, 1.165) is 38.5 Å². The molecular weight excluding hydrogens is 386 g/mol. The number of fused-ring (bicyclic) bond motifs is 2. The molecule has 1 unspecified atom stereocenters. The Morgan fingerprint density at radius 1 is 1.30 bits per heavy atom. The molecular formula is C20H28ClNO4S. The van der Waals surface area contributed by atoms with Crippen LogP contribution in [0.15, 0.2) is 29.2 Å². The number of benzene rings is 1. The van der Waals surface area contributed by atoms with Crippen LogP contribution < -0.4 is 5.32 Å². The summed E-state index contributed by atoms with van der Waals surface area (Å²) >= 11 is 5.82. The molecule has 0 aromatic heterocycles. The standard InChI is InChI=1S/C20H28ClNO4S/c1-19(2,27(25,26)17-5-3-16(21)4-6-17)18(23)22-10-8-15-11-14-7-9-20(24,12-14)13-15/h3-6,14-15,24H,7-13H2,1-2H3,(H,22,23)/t14-,15?,20-/m0/s1. The number of hydrogen-bond acceptors (Lipinski definition) is 4. The van der Waals surface area contributed by atoms with Gasteiger partial charge in [-0.2, -0.15) is 0 Å². The van der Waals surface area contributed by atoms with E-state index in [0.29, 0.717) is 23.4 Å². The van der Waals surface area contributed by atoms with E-state index in [1.165, 1.54) is 38.1 Å². The summed E-state index contributed by atoms with van der Waals surface area (Å²) < 4.78 is 24.2. The third-order valence-electron chi connectivity index (χ3n) is 6.20. The van der Waals surface area contributed by atoms with Crippen LogP contribution in [0, 0.1) is 11.8 Å². The number of amides is 1. The molecule has 2 aliphatic carbocycles. The summed E-state index contributed by atoms with van der Waals surface area (Å²) in [6.07, 6.45) is 5.51. The molecule has 1 aromatic carbocycles. The lowest BCUT2D eigenvalue weighted by Crippen LogP contribution is -2.48. The zero-order valence-electron chi connectivity index (χ0n) is 15.9. The van der Waals surface area contributed by atoms with Crippen molar-refractivity contribution in [2.45, 2.75) is 67.6 Å². The first-order valence-electron chi connectivity index (χ1n) is 9.54. The minimum Gasteiger partial charge on any atom is -0.390 e. The fraction of sp³-hybridized carbons (Fsp3) is 0.650. The summed E-state index contributed by atoms with van der Waals surface area (Å²) in [4.78, 5) is 12.7. The Bertz CT molecular complexity index is 806. The van der Waals surface area contributed by atoms with Crippen LogP contribution in [0.3, 0.4) is 0 Å². The van der Waals surface area contributed by atoms with E-state index in [1.807, 2.05) is 0 Å². The summed E-state index contributed by atoms with van der Waals surface area (Å²) in [5, 5.41) is 13.7. The van der Waals surface area contributed by atoms with Crippen molar-refractivity contribution >= 4 is 27.3 Å². The van der Waals surface area contributed by atoms with Crippen LogP contribution in [-0.2, 0) is 14.6 Å². The molecule has 3 rings (SSSR count). The quantitative estimate of drug-likeness (QED) is 0.749. The number of sulfone groups is 1. The molecule has 3 atom stereocenters. The van der Waals surface area contributed by atoms with Crippen LogP contribution in [0.25, 0.3) is 0 Å². The number of carbonyl (C=O) groups excluding carboxylic acids is 1. The maximum Gasteiger partial charge on any atom is 0.241 e. The molecule has 5 nitrogen and oxygen atoms in total. The molecule has 0 spiro atoms. The molecule has 27 heavy (non-hydrogen) atoms. The van der Waals surface area contributed by atoms with Gasteiger partial charge in [0.15, 0.2) is 9.84 Å². The number of carbonyl (C=O) groups is 1. The fourth-order valence-electron chi connectivity index (χ4n) is 4.55. The van der Waals surface area contributed by atoms with Gasteiger partial charge in [0.1, 0.15) is 4.75 Å². The normalized spacial score (nSPS) is 28.1. The first-order valence-corrected chi connectivity index (χ1v) is 11.4. The molecule has 2 saturated carbocycles. The lowest BCUT2D eigenvalue weighted by Gasteiger charge is -2.34. The summed E-state index contributed by atoms with van der Waals surface area (Å²) in [5.74, 6) is 0.466. The van der Waals surface area contributed by atoms with E-state index in [9.17, 15) is 18.3 Å². The smallest absolute Gasteiger partial charge is 0.241 e. The van der Waals surface area contributed by atoms with E-state index in [1.54, 1.807) is 0 Å². The van der Waals surface area contributed by atoms with Crippen molar-refractivity contribution < 1.29 is 18.3 Å². The number of nitrogens with one attached hydrogen (secondary N) is 1. The van der Waals surface area contributed by atoms with E-state index in [-0.39, 0.29) is 4.90 Å². The molecule has 0 aliphatic heterocycles. The second-order valence-electron chi connectivity index (χ2n) is 8.65. The van der Waals surface area contributed by atoms with Crippen LogP contribution in [0.4, 0.5) is 0 Å². The first-order chi connectivity index (χ1) is 12.5. The van der Waals surface area contributed by atoms with Gasteiger partial charge in [0, 0.05) is 11.6 Å². The van der Waals surface area contributed by atoms with Gasteiger partial charge in [0.25, 0.3) is 0 Å². The highest BCUT2D eigenvalue weighted by atomic mass is 35.5. The maximum atomic E-state index is 12.9. The molecule has 1 aromatic rings. The lowest BCUT2D eigenvalue weighted by atomic mass is 9.77. The van der Waals surface area contributed by atoms with Crippen LogP contribution in [-0.4, -0.2) is 36.3 Å². The zero-order valence-corrected chi connectivity index (χ0v) is 17.4. The summed E-state index contributed by atoms with van der Waals surface area (Å²) in [6.45, 7) is 3.28. The third-order valence-corrected chi connectivity index (χ3v) is 8.88. The maximum absolute atomic E-state index is 12.9. The van der Waals surface area contributed by atoms with Crippen LogP contribution in [0.5, 0.6) is 0 Å². The van der Waals surface area contributed by atoms with Crippen molar-refractivity contribution in [3.63, 3.8) is 0 Å². The monoisotopic (exact) mass is 413 g/mol. The Morgan fingerprint density at radius 3 is 2.59 bits per heavy atom. The molecule has 2 fully saturated rings. The Hall–Kier alpha value is -1.11. The van der Waals surface area contributed by atoms with Gasteiger partial charge in [-0.1, -0.05) is 11.6 Å². The van der Waals surface area contributed by atoms with E-state index >= 15 is 0 Å². The Morgan fingerprint density at radius 2 is 1.96 bits per heavy atom. The number of hydrogen-bond donors (Lipinski definition) is 2. The van der Waals surface area contributed by atoms with Crippen molar-refractivity contribution in [3.05, 3.63) is 29.3 Å². The SMILES string of the molecule is CC(C)(C(=O)NCCC1C[C@@H]2CC[C@@](O)(C1)C2)S(=O)(=O)c1ccc(Cl)cc1.